The van der Waals surface area contributed by atoms with Gasteiger partial charge in [-0.05, 0) is 29.8 Å². The van der Waals surface area contributed by atoms with E-state index < -0.39 is 42.1 Å². The Bertz CT molecular complexity index is 961. The Hall–Kier alpha value is -2.31. The number of ether oxygens (including phenoxy) is 3. The molecule has 0 spiro atoms. The van der Waals surface area contributed by atoms with Crippen molar-refractivity contribution in [3.05, 3.63) is 60.2 Å². The number of amidine groups is 1. The number of alkyl halides is 3. The van der Waals surface area contributed by atoms with Crippen LogP contribution in [0.5, 0.6) is 11.5 Å². The van der Waals surface area contributed by atoms with E-state index in [0.717, 1.165) is 11.8 Å². The van der Waals surface area contributed by atoms with Gasteiger partial charge in [-0.15, -0.1) is 0 Å². The van der Waals surface area contributed by atoms with Crippen LogP contribution in [0, 0.1) is 0 Å². The van der Waals surface area contributed by atoms with Gasteiger partial charge < -0.3 is 29.7 Å². The number of aliphatic hydroxyl groups is 2. The van der Waals surface area contributed by atoms with E-state index in [1.807, 2.05) is 18.2 Å². The van der Waals surface area contributed by atoms with Crippen LogP contribution in [0.2, 0.25) is 0 Å². The fourth-order valence-corrected chi connectivity index (χ4v) is 4.66. The molecule has 0 aromatic heterocycles. The van der Waals surface area contributed by atoms with Crippen LogP contribution in [0.1, 0.15) is 5.56 Å². The number of thioether (sulfide) groups is 1. The summed E-state index contributed by atoms with van der Waals surface area (Å²) < 4.78 is 57.9. The summed E-state index contributed by atoms with van der Waals surface area (Å²) >= 11 is 1.06. The predicted octanol–water partition coefficient (Wildman–Crippen LogP) is 3.06. The first kappa shape index (κ1) is 23.8. The van der Waals surface area contributed by atoms with Crippen molar-refractivity contribution in [3.8, 4) is 11.5 Å². The van der Waals surface area contributed by atoms with Crippen molar-refractivity contribution < 1.29 is 37.6 Å². The molecule has 7 nitrogen and oxygen atoms in total. The molecular formula is C22H23F3N2O5S. The second-order valence-electron chi connectivity index (χ2n) is 7.58. The Kier molecular flexibility index (Phi) is 7.15. The van der Waals surface area contributed by atoms with E-state index >= 15 is 0 Å². The maximum atomic E-state index is 13.8. The molecule has 1 fully saturated rings. The van der Waals surface area contributed by atoms with Crippen molar-refractivity contribution in [2.24, 2.45) is 4.99 Å². The Balaban J connectivity index is 1.42. The van der Waals surface area contributed by atoms with Gasteiger partial charge >= 0.3 is 6.18 Å². The molecule has 2 heterocycles. The van der Waals surface area contributed by atoms with E-state index in [0.29, 0.717) is 22.2 Å². The molecule has 1 unspecified atom stereocenters. The molecule has 33 heavy (non-hydrogen) atoms. The molecule has 2 aliphatic heterocycles. The van der Waals surface area contributed by atoms with Crippen LogP contribution in [-0.2, 0) is 16.1 Å². The highest BCUT2D eigenvalue weighted by molar-refractivity contribution is 8.14. The van der Waals surface area contributed by atoms with E-state index in [1.165, 1.54) is 0 Å². The molecule has 1 saturated heterocycles. The number of halogens is 3. The molecular weight excluding hydrogens is 461 g/mol. The van der Waals surface area contributed by atoms with Crippen LogP contribution in [-0.4, -0.2) is 64.5 Å². The van der Waals surface area contributed by atoms with Crippen molar-refractivity contribution in [1.29, 1.82) is 0 Å². The van der Waals surface area contributed by atoms with E-state index in [-0.39, 0.29) is 6.61 Å². The highest BCUT2D eigenvalue weighted by Gasteiger charge is 2.57. The lowest BCUT2D eigenvalue weighted by molar-refractivity contribution is -0.286. The van der Waals surface area contributed by atoms with Crippen LogP contribution in [0.4, 0.5) is 13.2 Å². The molecule has 2 aliphatic rings. The number of hydrogen-bond acceptors (Lipinski definition) is 8. The predicted molar refractivity (Wildman–Crippen MR) is 116 cm³/mol. The van der Waals surface area contributed by atoms with Crippen molar-refractivity contribution in [1.82, 2.24) is 5.32 Å². The smallest absolute Gasteiger partial charge is 0.417 e. The lowest BCUT2D eigenvalue weighted by Crippen LogP contribution is -2.61. The minimum atomic E-state index is -4.83. The third-order valence-electron chi connectivity index (χ3n) is 5.27. The second kappa shape index (κ2) is 9.90. The van der Waals surface area contributed by atoms with Crippen LogP contribution in [0.3, 0.4) is 0 Å². The zero-order chi connectivity index (χ0) is 23.6. The minimum absolute atomic E-state index is 0.377. The van der Waals surface area contributed by atoms with Gasteiger partial charge in [0.2, 0.25) is 0 Å². The lowest BCUT2D eigenvalue weighted by atomic mass is 9.94. The first-order valence-corrected chi connectivity index (χ1v) is 11.1. The molecule has 3 N–H and O–H groups in total. The van der Waals surface area contributed by atoms with Crippen molar-refractivity contribution in [2.75, 3.05) is 7.05 Å². The van der Waals surface area contributed by atoms with Gasteiger partial charge in [0.05, 0.1) is 6.61 Å². The molecule has 11 heteroatoms. The summed E-state index contributed by atoms with van der Waals surface area (Å²) in [4.78, 5) is 4.15. The molecule has 0 radical (unpaired) electrons. The molecule has 4 rings (SSSR count). The summed E-state index contributed by atoms with van der Waals surface area (Å²) in [6.07, 6.45) is -12.4. The molecule has 0 amide bonds. The Morgan fingerprint density at radius 2 is 1.73 bits per heavy atom. The van der Waals surface area contributed by atoms with Crippen LogP contribution < -0.4 is 10.1 Å². The Labute approximate surface area is 192 Å². The molecule has 2 aromatic rings. The van der Waals surface area contributed by atoms with Gasteiger partial charge in [-0.1, -0.05) is 42.1 Å². The first-order valence-electron chi connectivity index (χ1n) is 10.2. The number of rotatable bonds is 6. The number of benzene rings is 2. The number of fused-ring (bicyclic) bond motifs is 1. The standard InChI is InChI=1S/C22H23F3N2O5S/c1-26-21-27-15-16(28)17(29)18(32-20(15)33-21)19(22(23,24)25)30-11-12-7-9-14(10-8-12)31-13-5-3-2-4-6-13/h2-10,15-20,28-29H,11H2,1H3,(H,26,27)/t15-,16-,17+,18?,19-,20-/m1/s1. The first-order chi connectivity index (χ1) is 15.8. The van der Waals surface area contributed by atoms with E-state index in [4.69, 9.17) is 14.2 Å². The monoisotopic (exact) mass is 484 g/mol. The zero-order valence-corrected chi connectivity index (χ0v) is 18.3. The zero-order valence-electron chi connectivity index (χ0n) is 17.5. The van der Waals surface area contributed by atoms with Crippen LogP contribution >= 0.6 is 11.8 Å². The second-order valence-corrected chi connectivity index (χ2v) is 8.66. The number of hydrogen-bond donors (Lipinski definition) is 3. The lowest BCUT2D eigenvalue weighted by Gasteiger charge is -2.41. The molecule has 0 saturated carbocycles. The Morgan fingerprint density at radius 1 is 1.06 bits per heavy atom. The number of nitrogens with zero attached hydrogens (tertiary/aromatic N) is 1. The molecule has 178 valence electrons. The van der Waals surface area contributed by atoms with E-state index in [2.05, 4.69) is 10.3 Å². The molecule has 6 atom stereocenters. The number of para-hydroxylation sites is 1. The van der Waals surface area contributed by atoms with Crippen molar-refractivity contribution in [3.63, 3.8) is 0 Å². The van der Waals surface area contributed by atoms with Gasteiger partial charge in [-0.3, -0.25) is 4.99 Å². The Morgan fingerprint density at radius 3 is 2.36 bits per heavy atom. The van der Waals surface area contributed by atoms with E-state index in [9.17, 15) is 23.4 Å². The largest absolute Gasteiger partial charge is 0.457 e. The van der Waals surface area contributed by atoms with Crippen LogP contribution in [0.15, 0.2) is 59.6 Å². The average molecular weight is 484 g/mol. The quantitative estimate of drug-likeness (QED) is 0.581. The van der Waals surface area contributed by atoms with Gasteiger partial charge in [-0.25, -0.2) is 0 Å². The average Bonchev–Trinajstić information content (AvgIpc) is 3.21. The molecule has 0 aliphatic carbocycles. The summed E-state index contributed by atoms with van der Waals surface area (Å²) in [5.74, 6) is 1.16. The summed E-state index contributed by atoms with van der Waals surface area (Å²) in [5.41, 5.74) is -0.386. The molecule has 0 bridgehead atoms. The normalized spacial score (nSPS) is 28.1. The number of aliphatic imine (C=N–C) groups is 1. The van der Waals surface area contributed by atoms with Gasteiger partial charge in [0.15, 0.2) is 11.3 Å². The maximum Gasteiger partial charge on any atom is 0.417 e. The van der Waals surface area contributed by atoms with Crippen LogP contribution in [0.25, 0.3) is 0 Å². The maximum absolute atomic E-state index is 13.8. The fourth-order valence-electron chi connectivity index (χ4n) is 3.60. The van der Waals surface area contributed by atoms with Gasteiger partial charge in [0.25, 0.3) is 0 Å². The SMILES string of the molecule is CNC1=N[C@@H]2[C@@H](O)[C@H](O)C([C@@H](OCc3ccc(Oc4ccccc4)cc3)C(F)(F)F)O[C@@H]2S1. The third kappa shape index (κ3) is 5.44. The number of aliphatic hydroxyl groups excluding tert-OH is 2. The summed E-state index contributed by atoms with van der Waals surface area (Å²) in [6, 6.07) is 14.6. The summed E-state index contributed by atoms with van der Waals surface area (Å²) in [6.45, 7) is -0.377. The van der Waals surface area contributed by atoms with Gasteiger partial charge in [-0.2, -0.15) is 13.2 Å². The highest BCUT2D eigenvalue weighted by Crippen LogP contribution is 2.40. The third-order valence-corrected chi connectivity index (χ3v) is 6.42. The fraction of sp³-hybridized carbons (Fsp3) is 0.409. The summed E-state index contributed by atoms with van der Waals surface area (Å²) in [5, 5.41) is 23.9. The summed E-state index contributed by atoms with van der Waals surface area (Å²) in [7, 11) is 1.60. The molecule has 2 aromatic carbocycles. The van der Waals surface area contributed by atoms with Gasteiger partial charge in [0.1, 0.15) is 41.3 Å². The van der Waals surface area contributed by atoms with E-state index in [1.54, 1.807) is 43.4 Å². The van der Waals surface area contributed by atoms with Crippen molar-refractivity contribution in [2.45, 2.75) is 48.7 Å². The van der Waals surface area contributed by atoms with Crippen molar-refractivity contribution >= 4 is 16.9 Å². The topological polar surface area (TPSA) is 92.5 Å². The number of nitrogens with one attached hydrogen (secondary N) is 1. The minimum Gasteiger partial charge on any atom is -0.457 e. The highest BCUT2D eigenvalue weighted by atomic mass is 32.2. The van der Waals surface area contributed by atoms with Gasteiger partial charge in [0, 0.05) is 7.05 Å².